The molecule has 0 aliphatic rings. The Morgan fingerprint density at radius 1 is 0.920 bits per heavy atom. The van der Waals surface area contributed by atoms with Gasteiger partial charge in [0.2, 0.25) is 0 Å². The molecule has 0 rings (SSSR count). The summed E-state index contributed by atoms with van der Waals surface area (Å²) in [7, 11) is 0. The molecule has 0 saturated heterocycles. The first-order valence-electron chi connectivity index (χ1n) is 9.66. The molecule has 0 aliphatic heterocycles. The number of carbonyl (C=O) groups is 1. The van der Waals surface area contributed by atoms with Gasteiger partial charge in [-0.25, -0.2) is 4.79 Å². The van der Waals surface area contributed by atoms with Crippen LogP contribution in [-0.4, -0.2) is 41.4 Å². The van der Waals surface area contributed by atoms with Crippen LogP contribution in [0.1, 0.15) is 72.1 Å². The van der Waals surface area contributed by atoms with E-state index in [1.54, 1.807) is 0 Å². The maximum Gasteiger partial charge on any atom is 0.330 e. The molecule has 148 valence electrons. The maximum absolute atomic E-state index is 11.0. The van der Waals surface area contributed by atoms with Crippen molar-refractivity contribution >= 4 is 29.5 Å². The largest absolute Gasteiger partial charge is 0.462 e. The van der Waals surface area contributed by atoms with Crippen LogP contribution in [0, 0.1) is 0 Å². The lowest BCUT2D eigenvalue weighted by Gasteiger charge is -2.23. The van der Waals surface area contributed by atoms with E-state index < -0.39 is 0 Å². The highest BCUT2D eigenvalue weighted by Gasteiger charge is 2.18. The molecule has 0 unspecified atom stereocenters. The van der Waals surface area contributed by atoms with Crippen molar-refractivity contribution in [1.29, 1.82) is 0 Å². The van der Waals surface area contributed by atoms with E-state index in [9.17, 15) is 4.79 Å². The maximum atomic E-state index is 11.0. The molecule has 0 aromatic carbocycles. The summed E-state index contributed by atoms with van der Waals surface area (Å²) in [6.07, 6.45) is 11.9. The van der Waals surface area contributed by atoms with Gasteiger partial charge in [-0.2, -0.15) is 0 Å². The number of hydrogen-bond donors (Lipinski definition) is 0. The lowest BCUT2D eigenvalue weighted by Crippen LogP contribution is -2.15. The van der Waals surface area contributed by atoms with E-state index in [0.29, 0.717) is 6.61 Å². The highest BCUT2D eigenvalue weighted by molar-refractivity contribution is 8.18. The first kappa shape index (κ1) is 24.9. The Morgan fingerprint density at radius 2 is 1.48 bits per heavy atom. The van der Waals surface area contributed by atoms with Crippen LogP contribution in [0.2, 0.25) is 0 Å². The van der Waals surface area contributed by atoms with Crippen molar-refractivity contribution in [3.05, 3.63) is 12.7 Å². The van der Waals surface area contributed by atoms with Gasteiger partial charge in [-0.1, -0.05) is 58.4 Å². The fourth-order valence-electron chi connectivity index (χ4n) is 2.32. The summed E-state index contributed by atoms with van der Waals surface area (Å²) in [5.41, 5.74) is 0. The summed E-state index contributed by atoms with van der Waals surface area (Å²) in [4.78, 5) is 11.0. The average Bonchev–Trinajstić information content (AvgIpc) is 2.59. The molecule has 0 saturated carbocycles. The molecule has 0 aromatic rings. The Morgan fingerprint density at radius 3 is 2.08 bits per heavy atom. The van der Waals surface area contributed by atoms with E-state index in [1.807, 2.05) is 23.5 Å². The van der Waals surface area contributed by atoms with E-state index in [2.05, 4.69) is 27.4 Å². The Hall–Kier alpha value is -0.130. The van der Waals surface area contributed by atoms with Crippen LogP contribution in [-0.2, 0) is 14.3 Å². The molecular weight excluding hydrogens is 352 g/mol. The molecule has 0 fully saturated rings. The fraction of sp³-hybridized carbons (Fsp3) is 0.850. The molecule has 0 aromatic heterocycles. The number of carbonyl (C=O) groups excluding carboxylic acids is 1. The minimum absolute atomic E-state index is 0.114. The van der Waals surface area contributed by atoms with Crippen LogP contribution >= 0.6 is 23.5 Å². The van der Waals surface area contributed by atoms with Crippen molar-refractivity contribution in [1.82, 2.24) is 0 Å². The third-order valence-electron chi connectivity index (χ3n) is 3.76. The molecule has 3 nitrogen and oxygen atoms in total. The van der Waals surface area contributed by atoms with Crippen molar-refractivity contribution in [3.8, 4) is 0 Å². The van der Waals surface area contributed by atoms with Crippen LogP contribution in [0.25, 0.3) is 0 Å². The van der Waals surface area contributed by atoms with Crippen molar-refractivity contribution in [2.24, 2.45) is 0 Å². The van der Waals surface area contributed by atoms with Crippen LogP contribution < -0.4 is 0 Å². The molecule has 0 spiro atoms. The summed E-state index contributed by atoms with van der Waals surface area (Å²) in [6.45, 7) is 12.2. The standard InChI is InChI=1S/C20H38O3S2/c1-5-7-8-9-10-11-12-13-14-22-15-17-24-20(3,4)25-18-16-23-19(21)6-2/h6H,2,5,7-18H2,1,3-4H3. The first-order chi connectivity index (χ1) is 12.0. The van der Waals surface area contributed by atoms with E-state index in [0.717, 1.165) is 24.7 Å². The second kappa shape index (κ2) is 17.3. The fourth-order valence-corrected chi connectivity index (χ4v) is 4.50. The minimum Gasteiger partial charge on any atom is -0.462 e. The molecule has 0 aliphatic carbocycles. The predicted octanol–water partition coefficient (Wildman–Crippen LogP) is 6.08. The molecule has 0 heterocycles. The van der Waals surface area contributed by atoms with Gasteiger partial charge in [-0.15, -0.1) is 23.5 Å². The SMILES string of the molecule is C=CC(=O)OCCSC(C)(C)SCCOCCCCCCCCCC. The minimum atomic E-state index is -0.347. The zero-order valence-corrected chi connectivity index (χ0v) is 18.2. The smallest absolute Gasteiger partial charge is 0.330 e. The van der Waals surface area contributed by atoms with Crippen molar-refractivity contribution < 1.29 is 14.3 Å². The van der Waals surface area contributed by atoms with Gasteiger partial charge in [0.15, 0.2) is 0 Å². The molecule has 0 radical (unpaired) electrons. The van der Waals surface area contributed by atoms with E-state index in [-0.39, 0.29) is 10.0 Å². The normalized spacial score (nSPS) is 11.5. The molecule has 5 heteroatoms. The highest BCUT2D eigenvalue weighted by Crippen LogP contribution is 2.35. The van der Waals surface area contributed by atoms with Crippen molar-refractivity contribution in [2.75, 3.05) is 31.3 Å². The quantitative estimate of drug-likeness (QED) is 0.123. The van der Waals surface area contributed by atoms with Crippen LogP contribution in [0.3, 0.4) is 0 Å². The number of hydrogen-bond acceptors (Lipinski definition) is 5. The third kappa shape index (κ3) is 18.5. The van der Waals surface area contributed by atoms with Crippen LogP contribution in [0.15, 0.2) is 12.7 Å². The van der Waals surface area contributed by atoms with Gasteiger partial charge in [0, 0.05) is 24.2 Å². The molecular formula is C20H38O3S2. The highest BCUT2D eigenvalue weighted by atomic mass is 32.2. The lowest BCUT2D eigenvalue weighted by atomic mass is 10.1. The van der Waals surface area contributed by atoms with Gasteiger partial charge >= 0.3 is 5.97 Å². The second-order valence-electron chi connectivity index (χ2n) is 6.56. The van der Waals surface area contributed by atoms with Crippen LogP contribution in [0.5, 0.6) is 0 Å². The van der Waals surface area contributed by atoms with Gasteiger partial charge in [0.05, 0.1) is 10.7 Å². The summed E-state index contributed by atoms with van der Waals surface area (Å²) in [6, 6.07) is 0. The summed E-state index contributed by atoms with van der Waals surface area (Å²) in [5.74, 6) is 1.46. The summed E-state index contributed by atoms with van der Waals surface area (Å²) >= 11 is 3.71. The zero-order valence-electron chi connectivity index (χ0n) is 16.5. The summed E-state index contributed by atoms with van der Waals surface area (Å²) < 4.78 is 10.8. The molecule has 0 N–H and O–H groups in total. The lowest BCUT2D eigenvalue weighted by molar-refractivity contribution is -0.137. The van der Waals surface area contributed by atoms with E-state index in [4.69, 9.17) is 9.47 Å². The van der Waals surface area contributed by atoms with Gasteiger partial charge < -0.3 is 9.47 Å². The molecule has 25 heavy (non-hydrogen) atoms. The Bertz CT molecular complexity index is 333. The predicted molar refractivity (Wildman–Crippen MR) is 114 cm³/mol. The topological polar surface area (TPSA) is 35.5 Å². The number of esters is 1. The van der Waals surface area contributed by atoms with Gasteiger partial charge in [-0.3, -0.25) is 0 Å². The van der Waals surface area contributed by atoms with Crippen LogP contribution in [0.4, 0.5) is 0 Å². The molecule has 0 amide bonds. The number of rotatable bonds is 18. The monoisotopic (exact) mass is 390 g/mol. The van der Waals surface area contributed by atoms with E-state index >= 15 is 0 Å². The van der Waals surface area contributed by atoms with Gasteiger partial charge in [0.1, 0.15) is 6.61 Å². The summed E-state index contributed by atoms with van der Waals surface area (Å²) in [5, 5.41) is 0. The Labute approximate surface area is 164 Å². The van der Waals surface area contributed by atoms with Gasteiger partial charge in [-0.05, 0) is 20.3 Å². The number of ether oxygens (including phenoxy) is 2. The molecule has 0 bridgehead atoms. The zero-order chi connectivity index (χ0) is 18.8. The second-order valence-corrected chi connectivity index (χ2v) is 10.2. The number of thioether (sulfide) groups is 2. The third-order valence-corrected chi connectivity index (χ3v) is 6.60. The number of unbranched alkanes of at least 4 members (excludes halogenated alkanes) is 7. The van der Waals surface area contributed by atoms with Crippen molar-refractivity contribution in [2.45, 2.75) is 76.2 Å². The first-order valence-corrected chi connectivity index (χ1v) is 11.6. The van der Waals surface area contributed by atoms with Gasteiger partial charge in [0.25, 0.3) is 0 Å². The van der Waals surface area contributed by atoms with Crippen molar-refractivity contribution in [3.63, 3.8) is 0 Å². The Kier molecular flexibility index (Phi) is 17.2. The molecule has 0 atom stereocenters. The average molecular weight is 391 g/mol. The Balaban J connectivity index is 3.36. The van der Waals surface area contributed by atoms with E-state index in [1.165, 1.54) is 57.4 Å².